The zero-order valence-electron chi connectivity index (χ0n) is 17.7. The van der Waals surface area contributed by atoms with Crippen molar-refractivity contribution in [3.63, 3.8) is 0 Å². The molecule has 0 bridgehead atoms. The number of ether oxygens (including phenoxy) is 1. The molecule has 3 amide bonds. The molecule has 0 aliphatic carbocycles. The van der Waals surface area contributed by atoms with Gasteiger partial charge in [0.15, 0.2) is 5.78 Å². The Morgan fingerprint density at radius 1 is 1.03 bits per heavy atom. The third kappa shape index (κ3) is 4.55. The predicted molar refractivity (Wildman–Crippen MR) is 117 cm³/mol. The molecule has 1 saturated heterocycles. The lowest BCUT2D eigenvalue weighted by Crippen LogP contribution is -2.51. The van der Waals surface area contributed by atoms with Crippen molar-refractivity contribution in [3.05, 3.63) is 59.7 Å². The molecule has 0 saturated carbocycles. The number of likely N-dealkylation sites (tertiary alicyclic amines) is 1. The quantitative estimate of drug-likeness (QED) is 0.722. The monoisotopic (exact) mass is 421 g/mol. The molecule has 2 heterocycles. The number of para-hydroxylation sites is 2. The highest BCUT2D eigenvalue weighted by atomic mass is 16.5. The Hall–Kier alpha value is -3.35. The molecule has 4 rings (SSSR count). The Bertz CT molecular complexity index is 982. The number of amides is 3. The Kier molecular flexibility index (Phi) is 6.21. The van der Waals surface area contributed by atoms with Crippen molar-refractivity contribution in [2.75, 3.05) is 25.5 Å². The van der Waals surface area contributed by atoms with Crippen molar-refractivity contribution in [1.82, 2.24) is 9.80 Å². The number of fused-ring (bicyclic) bond motifs is 1. The number of hydrogen-bond acceptors (Lipinski definition) is 4. The molecule has 0 spiro atoms. The number of Topliss-reactive ketones (excluding diaryl/α,β-unsaturated/α-hetero) is 1. The van der Waals surface area contributed by atoms with E-state index >= 15 is 0 Å². The number of anilines is 1. The molecule has 162 valence electrons. The summed E-state index contributed by atoms with van der Waals surface area (Å²) in [6.45, 7) is 1.78. The summed E-state index contributed by atoms with van der Waals surface area (Å²) in [4.78, 5) is 41.4. The van der Waals surface area contributed by atoms with Gasteiger partial charge in [-0.3, -0.25) is 9.59 Å². The summed E-state index contributed by atoms with van der Waals surface area (Å²) in [5.41, 5.74) is 2.49. The van der Waals surface area contributed by atoms with Crippen LogP contribution in [0.4, 0.5) is 10.5 Å². The molecule has 1 N–H and O–H groups in total. The minimum absolute atomic E-state index is 0.0184. The number of carbonyl (C=O) groups excluding carboxylic acids is 3. The van der Waals surface area contributed by atoms with Gasteiger partial charge in [0.2, 0.25) is 5.91 Å². The van der Waals surface area contributed by atoms with Crippen molar-refractivity contribution in [1.29, 1.82) is 0 Å². The number of hydrogen-bond donors (Lipinski definition) is 1. The first kappa shape index (κ1) is 20.9. The first-order valence-corrected chi connectivity index (χ1v) is 10.7. The van der Waals surface area contributed by atoms with Gasteiger partial charge in [-0.05, 0) is 36.6 Å². The van der Waals surface area contributed by atoms with Gasteiger partial charge in [-0.25, -0.2) is 4.79 Å². The maximum Gasteiger partial charge on any atom is 0.322 e. The molecule has 7 nitrogen and oxygen atoms in total. The fourth-order valence-electron chi connectivity index (χ4n) is 4.33. The van der Waals surface area contributed by atoms with Crippen molar-refractivity contribution >= 4 is 23.4 Å². The van der Waals surface area contributed by atoms with Gasteiger partial charge in [-0.15, -0.1) is 0 Å². The second-order valence-electron chi connectivity index (χ2n) is 7.95. The zero-order valence-corrected chi connectivity index (χ0v) is 17.7. The number of nitrogens with one attached hydrogen (secondary N) is 1. The summed E-state index contributed by atoms with van der Waals surface area (Å²) in [6, 6.07) is 14.9. The van der Waals surface area contributed by atoms with E-state index in [2.05, 4.69) is 5.32 Å². The summed E-state index contributed by atoms with van der Waals surface area (Å²) >= 11 is 0. The lowest BCUT2D eigenvalue weighted by atomic mass is 10.00. The molecule has 0 atom stereocenters. The number of rotatable bonds is 6. The van der Waals surface area contributed by atoms with Crippen LogP contribution in [-0.2, 0) is 11.3 Å². The third-order valence-corrected chi connectivity index (χ3v) is 6.09. The van der Waals surface area contributed by atoms with Crippen LogP contribution in [0.25, 0.3) is 0 Å². The van der Waals surface area contributed by atoms with Crippen LogP contribution < -0.4 is 10.1 Å². The van der Waals surface area contributed by atoms with Gasteiger partial charge in [0.25, 0.3) is 0 Å². The van der Waals surface area contributed by atoms with E-state index in [4.69, 9.17) is 4.74 Å². The highest BCUT2D eigenvalue weighted by Gasteiger charge is 2.32. The van der Waals surface area contributed by atoms with Crippen molar-refractivity contribution < 1.29 is 19.1 Å². The number of methoxy groups -OCH3 is 1. The van der Waals surface area contributed by atoms with Crippen molar-refractivity contribution in [3.8, 4) is 5.75 Å². The van der Waals surface area contributed by atoms with Gasteiger partial charge in [-0.2, -0.15) is 0 Å². The maximum absolute atomic E-state index is 12.6. The van der Waals surface area contributed by atoms with Crippen LogP contribution in [-0.4, -0.2) is 53.8 Å². The summed E-state index contributed by atoms with van der Waals surface area (Å²) in [7, 11) is 1.53. The van der Waals surface area contributed by atoms with Crippen LogP contribution >= 0.6 is 0 Å². The number of urea groups is 1. The molecule has 2 aliphatic heterocycles. The van der Waals surface area contributed by atoms with Gasteiger partial charge >= 0.3 is 6.03 Å². The normalized spacial score (nSPS) is 16.5. The lowest BCUT2D eigenvalue weighted by Gasteiger charge is -2.40. The number of ketones is 1. The van der Waals surface area contributed by atoms with E-state index < -0.39 is 0 Å². The Morgan fingerprint density at radius 3 is 2.52 bits per heavy atom. The fraction of sp³-hybridized carbons (Fsp3) is 0.375. The van der Waals surface area contributed by atoms with E-state index in [0.717, 1.165) is 24.1 Å². The number of nitrogens with zero attached hydrogens (tertiary/aromatic N) is 2. The smallest absolute Gasteiger partial charge is 0.322 e. The highest BCUT2D eigenvalue weighted by molar-refractivity contribution is 6.00. The molecule has 31 heavy (non-hydrogen) atoms. The standard InChI is InChI=1S/C24H27N3O4/c1-31-22-9-5-3-7-19(22)21(28)10-11-23(29)26-14-12-18(13-15-26)27-16-17-6-2-4-8-20(17)25-24(27)30/h2-9,18H,10-16H2,1H3,(H,25,30). The fourth-order valence-corrected chi connectivity index (χ4v) is 4.33. The number of carbonyl (C=O) groups is 3. The summed E-state index contributed by atoms with van der Waals surface area (Å²) < 4.78 is 5.24. The molecule has 2 aliphatic rings. The first-order valence-electron chi connectivity index (χ1n) is 10.7. The number of piperidine rings is 1. The van der Waals surface area contributed by atoms with E-state index in [0.29, 0.717) is 30.9 Å². The van der Waals surface area contributed by atoms with E-state index in [9.17, 15) is 14.4 Å². The summed E-state index contributed by atoms with van der Waals surface area (Å²) in [5.74, 6) is 0.418. The second-order valence-corrected chi connectivity index (χ2v) is 7.95. The Morgan fingerprint density at radius 2 is 1.74 bits per heavy atom. The minimum Gasteiger partial charge on any atom is -0.496 e. The average Bonchev–Trinajstić information content (AvgIpc) is 2.82. The second kappa shape index (κ2) is 9.20. The SMILES string of the molecule is COc1ccccc1C(=O)CCC(=O)N1CCC(N2Cc3ccccc3NC2=O)CC1. The minimum atomic E-state index is -0.0932. The van der Waals surface area contributed by atoms with E-state index in [1.54, 1.807) is 18.2 Å². The molecule has 0 unspecified atom stereocenters. The molecular formula is C24H27N3O4. The van der Waals surface area contributed by atoms with Crippen LogP contribution in [0.15, 0.2) is 48.5 Å². The molecule has 2 aromatic carbocycles. The Labute approximate surface area is 182 Å². The largest absolute Gasteiger partial charge is 0.496 e. The molecule has 0 radical (unpaired) electrons. The molecule has 2 aromatic rings. The third-order valence-electron chi connectivity index (χ3n) is 6.09. The van der Waals surface area contributed by atoms with Gasteiger partial charge in [0.1, 0.15) is 5.75 Å². The molecule has 0 aromatic heterocycles. The predicted octanol–water partition coefficient (Wildman–Crippen LogP) is 3.70. The van der Waals surface area contributed by atoms with Crippen molar-refractivity contribution in [2.45, 2.75) is 38.3 Å². The van der Waals surface area contributed by atoms with Crippen LogP contribution in [0.2, 0.25) is 0 Å². The average molecular weight is 421 g/mol. The number of benzene rings is 2. The van der Waals surface area contributed by atoms with Crippen LogP contribution in [0.3, 0.4) is 0 Å². The zero-order chi connectivity index (χ0) is 21.8. The summed E-state index contributed by atoms with van der Waals surface area (Å²) in [6.07, 6.45) is 1.81. The van der Waals surface area contributed by atoms with E-state index in [1.807, 2.05) is 40.1 Å². The van der Waals surface area contributed by atoms with Gasteiger partial charge < -0.3 is 19.9 Å². The van der Waals surface area contributed by atoms with Crippen molar-refractivity contribution in [2.24, 2.45) is 0 Å². The maximum atomic E-state index is 12.6. The molecule has 1 fully saturated rings. The first-order chi connectivity index (χ1) is 15.1. The molecular weight excluding hydrogens is 394 g/mol. The molecule has 7 heteroatoms. The highest BCUT2D eigenvalue weighted by Crippen LogP contribution is 2.28. The van der Waals surface area contributed by atoms with Gasteiger partial charge in [-0.1, -0.05) is 30.3 Å². The van der Waals surface area contributed by atoms with Crippen LogP contribution in [0.1, 0.15) is 41.6 Å². The van der Waals surface area contributed by atoms with Gasteiger partial charge in [0.05, 0.1) is 12.7 Å². The lowest BCUT2D eigenvalue weighted by molar-refractivity contribution is -0.132. The topological polar surface area (TPSA) is 79.0 Å². The van der Waals surface area contributed by atoms with Crippen LogP contribution in [0, 0.1) is 0 Å². The summed E-state index contributed by atoms with van der Waals surface area (Å²) in [5, 5.41) is 2.96. The van der Waals surface area contributed by atoms with Crippen LogP contribution in [0.5, 0.6) is 5.75 Å². The van der Waals surface area contributed by atoms with E-state index in [-0.39, 0.29) is 36.6 Å². The van der Waals surface area contributed by atoms with Gasteiger partial charge in [0, 0.05) is 44.2 Å². The Balaban J connectivity index is 1.28. The van der Waals surface area contributed by atoms with E-state index in [1.165, 1.54) is 7.11 Å².